The first-order valence-electron chi connectivity index (χ1n) is 6.19. The van der Waals surface area contributed by atoms with Gasteiger partial charge in [-0.05, 0) is 31.9 Å². The van der Waals surface area contributed by atoms with Crippen LogP contribution in [-0.4, -0.2) is 13.4 Å². The number of hydrogen-bond donors (Lipinski definition) is 2. The average Bonchev–Trinajstić information content (AvgIpc) is 2.67. The predicted octanol–water partition coefficient (Wildman–Crippen LogP) is 2.71. The fourth-order valence-electron chi connectivity index (χ4n) is 2.01. The molecule has 0 fully saturated rings. The molecule has 5 nitrogen and oxygen atoms in total. The van der Waals surface area contributed by atoms with Crippen LogP contribution in [0.4, 0.5) is 10.8 Å². The van der Waals surface area contributed by atoms with Gasteiger partial charge in [0, 0.05) is 4.88 Å². The van der Waals surface area contributed by atoms with Crippen molar-refractivity contribution in [3.63, 3.8) is 0 Å². The summed E-state index contributed by atoms with van der Waals surface area (Å²) in [7, 11) is -3.71. The maximum Gasteiger partial charge on any atom is 0.265 e. The van der Waals surface area contributed by atoms with Crippen molar-refractivity contribution in [2.45, 2.75) is 32.1 Å². The molecule has 108 valence electrons. The Labute approximate surface area is 122 Å². The molecule has 0 bridgehead atoms. The van der Waals surface area contributed by atoms with Crippen molar-refractivity contribution in [3.8, 4) is 0 Å². The number of nitrogens with zero attached hydrogens (tertiary/aromatic N) is 1. The number of nitrogens with one attached hydrogen (secondary N) is 1. The minimum Gasteiger partial charge on any atom is -0.398 e. The lowest BCUT2D eigenvalue weighted by molar-refractivity contribution is 0.601. The fraction of sp³-hybridized carbons (Fsp3) is 0.308. The highest BCUT2D eigenvalue weighted by Crippen LogP contribution is 2.28. The molecule has 1 aromatic carbocycles. The molecule has 2 aromatic rings. The highest BCUT2D eigenvalue weighted by molar-refractivity contribution is 7.93. The Morgan fingerprint density at radius 2 is 2.05 bits per heavy atom. The van der Waals surface area contributed by atoms with Crippen molar-refractivity contribution in [3.05, 3.63) is 34.3 Å². The molecule has 0 radical (unpaired) electrons. The molecule has 20 heavy (non-hydrogen) atoms. The molecule has 0 unspecified atom stereocenters. The van der Waals surface area contributed by atoms with Gasteiger partial charge in [0.05, 0.1) is 11.4 Å². The van der Waals surface area contributed by atoms with E-state index in [9.17, 15) is 8.42 Å². The molecule has 0 saturated heterocycles. The number of aryl methyl sites for hydroxylation is 3. The van der Waals surface area contributed by atoms with Crippen LogP contribution in [0.2, 0.25) is 0 Å². The molecule has 1 aromatic heterocycles. The van der Waals surface area contributed by atoms with Crippen LogP contribution in [0.5, 0.6) is 0 Å². The van der Waals surface area contributed by atoms with Gasteiger partial charge in [0.25, 0.3) is 10.0 Å². The van der Waals surface area contributed by atoms with E-state index in [2.05, 4.69) is 9.71 Å². The standard InChI is InChI=1S/C13H17N3O2S2/c1-4-11-9(3)19-13(15-11)16-20(17,18)12-8(2)6-5-7-10(12)14/h5-7H,4,14H2,1-3H3,(H,15,16). The van der Waals surface area contributed by atoms with Crippen LogP contribution in [0, 0.1) is 13.8 Å². The van der Waals surface area contributed by atoms with Gasteiger partial charge in [0.1, 0.15) is 4.90 Å². The van der Waals surface area contributed by atoms with Crippen molar-refractivity contribution in [1.82, 2.24) is 4.98 Å². The minimum absolute atomic E-state index is 0.117. The molecule has 0 aliphatic carbocycles. The van der Waals surface area contributed by atoms with Gasteiger partial charge in [-0.2, -0.15) is 0 Å². The first kappa shape index (κ1) is 14.8. The van der Waals surface area contributed by atoms with E-state index in [0.29, 0.717) is 10.7 Å². The number of anilines is 2. The second-order valence-electron chi connectivity index (χ2n) is 4.47. The minimum atomic E-state index is -3.71. The van der Waals surface area contributed by atoms with E-state index in [4.69, 9.17) is 5.73 Å². The second kappa shape index (κ2) is 5.41. The molecule has 0 aliphatic rings. The summed E-state index contributed by atoms with van der Waals surface area (Å²) in [5.41, 5.74) is 7.54. The summed E-state index contributed by atoms with van der Waals surface area (Å²) < 4.78 is 27.4. The predicted molar refractivity (Wildman–Crippen MR) is 82.6 cm³/mol. The van der Waals surface area contributed by atoms with E-state index in [0.717, 1.165) is 17.0 Å². The summed E-state index contributed by atoms with van der Waals surface area (Å²) in [6.07, 6.45) is 0.774. The lowest BCUT2D eigenvalue weighted by atomic mass is 10.2. The van der Waals surface area contributed by atoms with E-state index < -0.39 is 10.0 Å². The van der Waals surface area contributed by atoms with Gasteiger partial charge in [-0.1, -0.05) is 19.1 Å². The van der Waals surface area contributed by atoms with Crippen molar-refractivity contribution in [2.75, 3.05) is 10.5 Å². The lowest BCUT2D eigenvalue weighted by Gasteiger charge is -2.10. The Kier molecular flexibility index (Phi) is 4.01. The Morgan fingerprint density at radius 1 is 1.35 bits per heavy atom. The molecule has 1 heterocycles. The summed E-state index contributed by atoms with van der Waals surface area (Å²) in [5.74, 6) is 0. The zero-order valence-electron chi connectivity index (χ0n) is 11.6. The molecule has 0 aliphatic heterocycles. The highest BCUT2D eigenvalue weighted by Gasteiger charge is 2.21. The molecular weight excluding hydrogens is 294 g/mol. The van der Waals surface area contributed by atoms with Crippen LogP contribution in [0.25, 0.3) is 0 Å². The Balaban J connectivity index is 2.41. The van der Waals surface area contributed by atoms with E-state index in [1.165, 1.54) is 11.3 Å². The van der Waals surface area contributed by atoms with Gasteiger partial charge in [-0.25, -0.2) is 13.4 Å². The van der Waals surface area contributed by atoms with Gasteiger partial charge >= 0.3 is 0 Å². The third kappa shape index (κ3) is 2.78. The number of thiazole rings is 1. The third-order valence-electron chi connectivity index (χ3n) is 2.96. The third-order valence-corrected chi connectivity index (χ3v) is 5.58. The van der Waals surface area contributed by atoms with E-state index in [1.54, 1.807) is 25.1 Å². The van der Waals surface area contributed by atoms with Gasteiger partial charge in [-0.3, -0.25) is 4.72 Å². The first-order chi connectivity index (χ1) is 9.35. The molecule has 3 N–H and O–H groups in total. The normalized spacial score (nSPS) is 11.6. The zero-order chi connectivity index (χ0) is 14.9. The lowest BCUT2D eigenvalue weighted by Crippen LogP contribution is -2.16. The molecule has 0 atom stereocenters. The quantitative estimate of drug-likeness (QED) is 0.850. The van der Waals surface area contributed by atoms with Gasteiger partial charge in [0.15, 0.2) is 5.13 Å². The number of benzene rings is 1. The smallest absolute Gasteiger partial charge is 0.265 e. The van der Waals surface area contributed by atoms with E-state index in [-0.39, 0.29) is 10.6 Å². The Morgan fingerprint density at radius 3 is 2.60 bits per heavy atom. The van der Waals surface area contributed by atoms with Crippen molar-refractivity contribution in [1.29, 1.82) is 0 Å². The molecule has 0 amide bonds. The van der Waals surface area contributed by atoms with Crippen LogP contribution in [-0.2, 0) is 16.4 Å². The number of hydrogen-bond acceptors (Lipinski definition) is 5. The van der Waals surface area contributed by atoms with E-state index >= 15 is 0 Å². The molecule has 0 spiro atoms. The second-order valence-corrected chi connectivity index (χ2v) is 7.30. The monoisotopic (exact) mass is 311 g/mol. The summed E-state index contributed by atoms with van der Waals surface area (Å²) in [4.78, 5) is 5.42. The fourth-order valence-corrected chi connectivity index (χ4v) is 4.51. The molecular formula is C13H17N3O2S2. The van der Waals surface area contributed by atoms with Gasteiger partial charge in [0.2, 0.25) is 0 Å². The maximum absolute atomic E-state index is 12.4. The SMILES string of the molecule is CCc1nc(NS(=O)(=O)c2c(C)cccc2N)sc1C. The topological polar surface area (TPSA) is 85.1 Å². The van der Waals surface area contributed by atoms with Gasteiger partial charge in [-0.15, -0.1) is 11.3 Å². The zero-order valence-corrected chi connectivity index (χ0v) is 13.2. The Bertz CT molecular complexity index is 716. The molecule has 7 heteroatoms. The summed E-state index contributed by atoms with van der Waals surface area (Å²) in [6, 6.07) is 5.02. The van der Waals surface area contributed by atoms with Crippen molar-refractivity contribution >= 4 is 32.2 Å². The van der Waals surface area contributed by atoms with Crippen LogP contribution in [0.3, 0.4) is 0 Å². The largest absolute Gasteiger partial charge is 0.398 e. The van der Waals surface area contributed by atoms with Crippen LogP contribution >= 0.6 is 11.3 Å². The van der Waals surface area contributed by atoms with Crippen molar-refractivity contribution < 1.29 is 8.42 Å². The molecule has 2 rings (SSSR count). The number of rotatable bonds is 4. The summed E-state index contributed by atoms with van der Waals surface area (Å²) in [5, 5.41) is 0.377. The first-order valence-corrected chi connectivity index (χ1v) is 8.49. The Hall–Kier alpha value is -1.60. The number of aromatic nitrogens is 1. The number of nitrogens with two attached hydrogens (primary N) is 1. The van der Waals surface area contributed by atoms with Crippen LogP contribution < -0.4 is 10.5 Å². The highest BCUT2D eigenvalue weighted by atomic mass is 32.2. The average molecular weight is 311 g/mol. The summed E-state index contributed by atoms with van der Waals surface area (Å²) >= 11 is 1.33. The molecule has 0 saturated carbocycles. The number of nitrogen functional groups attached to an aromatic ring is 1. The van der Waals surface area contributed by atoms with Crippen LogP contribution in [0.1, 0.15) is 23.1 Å². The maximum atomic E-state index is 12.4. The van der Waals surface area contributed by atoms with E-state index in [1.807, 2.05) is 13.8 Å². The van der Waals surface area contributed by atoms with Crippen LogP contribution in [0.15, 0.2) is 23.1 Å². The number of sulfonamides is 1. The van der Waals surface area contributed by atoms with Crippen molar-refractivity contribution in [2.24, 2.45) is 0 Å². The van der Waals surface area contributed by atoms with Gasteiger partial charge < -0.3 is 5.73 Å². The summed E-state index contributed by atoms with van der Waals surface area (Å²) in [6.45, 7) is 5.63.